The second-order valence-corrected chi connectivity index (χ2v) is 7.72. The molecule has 182 valence electrons. The Morgan fingerprint density at radius 2 is 1.89 bits per heavy atom. The minimum atomic E-state index is -0.686. The van der Waals surface area contributed by atoms with Crippen LogP contribution in [-0.4, -0.2) is 39.2 Å². The van der Waals surface area contributed by atoms with Gasteiger partial charge in [0.15, 0.2) is 0 Å². The maximum Gasteiger partial charge on any atom is 0.329 e. The molecule has 0 bridgehead atoms. The minimum absolute atomic E-state index is 0.0347. The Bertz CT molecular complexity index is 1350. The molecule has 0 spiro atoms. The van der Waals surface area contributed by atoms with Gasteiger partial charge in [-0.1, -0.05) is 37.3 Å². The van der Waals surface area contributed by atoms with Crippen molar-refractivity contribution < 1.29 is 24.0 Å². The molecule has 4 amide bonds. The largest absolute Gasteiger partial charge is 0.439 e. The molecule has 1 aliphatic rings. The average molecular weight is 487 g/mol. The first-order valence-corrected chi connectivity index (χ1v) is 10.9. The van der Waals surface area contributed by atoms with Crippen molar-refractivity contribution in [1.82, 2.24) is 15.2 Å². The Hall–Kier alpha value is -5.06. The van der Waals surface area contributed by atoms with Gasteiger partial charge >= 0.3 is 6.03 Å². The predicted octanol–water partition coefficient (Wildman–Crippen LogP) is 3.88. The summed E-state index contributed by atoms with van der Waals surface area (Å²) in [5.74, 6) is -0.497. The van der Waals surface area contributed by atoms with Gasteiger partial charge in [0.1, 0.15) is 24.2 Å². The summed E-state index contributed by atoms with van der Waals surface area (Å²) in [6, 6.07) is 15.8. The van der Waals surface area contributed by atoms with E-state index < -0.39 is 29.3 Å². The number of benzene rings is 2. The number of pyridine rings is 1. The Balaban J connectivity index is 1.39. The maximum atomic E-state index is 12.7. The van der Waals surface area contributed by atoms with E-state index in [0.29, 0.717) is 17.0 Å². The van der Waals surface area contributed by atoms with Crippen LogP contribution in [0.2, 0.25) is 0 Å². The Kier molecular flexibility index (Phi) is 7.00. The van der Waals surface area contributed by atoms with Gasteiger partial charge in [0.05, 0.1) is 4.92 Å². The second kappa shape index (κ2) is 10.5. The molecular weight excluding hydrogens is 466 g/mol. The number of hydrogen-bond donors (Lipinski definition) is 2. The molecule has 11 nitrogen and oxygen atoms in total. The highest BCUT2D eigenvalue weighted by Crippen LogP contribution is 2.23. The lowest BCUT2D eigenvalue weighted by atomic mass is 10.1. The molecule has 0 radical (unpaired) electrons. The van der Waals surface area contributed by atoms with Crippen LogP contribution in [0.5, 0.6) is 11.6 Å². The first-order chi connectivity index (χ1) is 17.3. The van der Waals surface area contributed by atoms with E-state index in [1.54, 1.807) is 36.4 Å². The number of hydrogen-bond acceptors (Lipinski definition) is 7. The highest BCUT2D eigenvalue weighted by molar-refractivity contribution is 6.16. The van der Waals surface area contributed by atoms with Crippen molar-refractivity contribution in [1.29, 1.82) is 0 Å². The number of ether oxygens (including phenoxy) is 1. The number of carbonyl (C=O) groups is 3. The predicted molar refractivity (Wildman–Crippen MR) is 130 cm³/mol. The zero-order valence-corrected chi connectivity index (χ0v) is 19.1. The molecule has 11 heteroatoms. The summed E-state index contributed by atoms with van der Waals surface area (Å²) in [4.78, 5) is 52.4. The van der Waals surface area contributed by atoms with Crippen molar-refractivity contribution in [2.24, 2.45) is 0 Å². The number of nitro groups is 1. The number of aromatic nitrogens is 1. The fraction of sp³-hybridized carbons (Fsp3) is 0.120. The summed E-state index contributed by atoms with van der Waals surface area (Å²) in [5, 5.41) is 15.9. The van der Waals surface area contributed by atoms with Gasteiger partial charge in [-0.25, -0.2) is 14.7 Å². The topological polar surface area (TPSA) is 144 Å². The molecule has 2 aromatic carbocycles. The molecule has 1 aliphatic heterocycles. The fourth-order valence-electron chi connectivity index (χ4n) is 3.46. The van der Waals surface area contributed by atoms with Crippen molar-refractivity contribution in [2.45, 2.75) is 13.3 Å². The van der Waals surface area contributed by atoms with E-state index >= 15 is 0 Å². The monoisotopic (exact) mass is 487 g/mol. The van der Waals surface area contributed by atoms with Gasteiger partial charge in [-0.05, 0) is 41.8 Å². The number of anilines is 1. The van der Waals surface area contributed by atoms with Gasteiger partial charge in [-0.3, -0.25) is 19.7 Å². The van der Waals surface area contributed by atoms with E-state index in [4.69, 9.17) is 4.74 Å². The Labute approximate surface area is 205 Å². The first-order valence-electron chi connectivity index (χ1n) is 10.9. The smallest absolute Gasteiger partial charge is 0.329 e. The van der Waals surface area contributed by atoms with Crippen LogP contribution in [0.15, 0.2) is 72.6 Å². The lowest BCUT2D eigenvalue weighted by Gasteiger charge is -2.13. The van der Waals surface area contributed by atoms with Crippen molar-refractivity contribution >= 4 is 35.3 Å². The third-order valence-corrected chi connectivity index (χ3v) is 5.28. The van der Waals surface area contributed by atoms with Crippen molar-refractivity contribution in [3.8, 4) is 11.6 Å². The highest BCUT2D eigenvalue weighted by atomic mass is 16.6. The normalized spacial score (nSPS) is 14.0. The molecule has 2 N–H and O–H groups in total. The number of amides is 4. The van der Waals surface area contributed by atoms with Gasteiger partial charge in [-0.15, -0.1) is 0 Å². The van der Waals surface area contributed by atoms with E-state index in [-0.39, 0.29) is 17.3 Å². The summed E-state index contributed by atoms with van der Waals surface area (Å²) in [5.41, 5.74) is 2.07. The van der Waals surface area contributed by atoms with E-state index in [1.165, 1.54) is 18.2 Å². The third-order valence-electron chi connectivity index (χ3n) is 5.28. The molecule has 0 atom stereocenters. The summed E-state index contributed by atoms with van der Waals surface area (Å²) in [6.07, 6.45) is 3.30. The van der Waals surface area contributed by atoms with Crippen molar-refractivity contribution in [2.75, 3.05) is 11.9 Å². The molecule has 3 aromatic rings. The fourth-order valence-corrected chi connectivity index (χ4v) is 3.46. The van der Waals surface area contributed by atoms with Gasteiger partial charge in [0.2, 0.25) is 11.8 Å². The average Bonchev–Trinajstić information content (AvgIpc) is 3.13. The standard InChI is InChI=1S/C25H21N5O6/c1-2-17-5-3-4-6-20(17)27-22(31)15-29-24(32)21(28-25(29)33)13-16-7-10-19(11-8-16)36-23-12-9-18(14-26-23)30(34)35/h3-14H,2,15H2,1H3,(H,27,31)(H,28,33)/b21-13+. The van der Waals surface area contributed by atoms with Crippen LogP contribution < -0.4 is 15.4 Å². The second-order valence-electron chi connectivity index (χ2n) is 7.72. The SMILES string of the molecule is CCc1ccccc1NC(=O)CN1C(=O)N/C(=C/c2ccc(Oc3ccc([N+](=O)[O-])cn3)cc2)C1=O. The minimum Gasteiger partial charge on any atom is -0.439 e. The molecule has 4 rings (SSSR count). The van der Waals surface area contributed by atoms with E-state index in [9.17, 15) is 24.5 Å². The number of imide groups is 1. The van der Waals surface area contributed by atoms with Crippen molar-refractivity contribution in [3.63, 3.8) is 0 Å². The summed E-state index contributed by atoms with van der Waals surface area (Å²) < 4.78 is 5.56. The Morgan fingerprint density at radius 1 is 1.14 bits per heavy atom. The molecule has 2 heterocycles. The number of aryl methyl sites for hydroxylation is 1. The molecule has 1 aromatic heterocycles. The first kappa shape index (κ1) is 24.1. The summed E-state index contributed by atoms with van der Waals surface area (Å²) in [7, 11) is 0. The lowest BCUT2D eigenvalue weighted by Crippen LogP contribution is -2.38. The molecule has 0 saturated carbocycles. The molecule has 0 unspecified atom stereocenters. The molecular formula is C25H21N5O6. The number of para-hydroxylation sites is 1. The van der Waals surface area contributed by atoms with E-state index in [0.717, 1.165) is 23.1 Å². The maximum absolute atomic E-state index is 12.7. The number of nitrogens with zero attached hydrogens (tertiary/aromatic N) is 3. The molecule has 36 heavy (non-hydrogen) atoms. The highest BCUT2D eigenvalue weighted by Gasteiger charge is 2.35. The lowest BCUT2D eigenvalue weighted by molar-refractivity contribution is -0.385. The van der Waals surface area contributed by atoms with Crippen LogP contribution in [0.3, 0.4) is 0 Å². The number of carbonyl (C=O) groups excluding carboxylic acids is 3. The van der Waals surface area contributed by atoms with Gasteiger partial charge in [0, 0.05) is 17.8 Å². The zero-order valence-electron chi connectivity index (χ0n) is 19.1. The summed E-state index contributed by atoms with van der Waals surface area (Å²) >= 11 is 0. The van der Waals surface area contributed by atoms with Gasteiger partial charge < -0.3 is 15.4 Å². The van der Waals surface area contributed by atoms with E-state index in [1.807, 2.05) is 19.1 Å². The van der Waals surface area contributed by atoms with Crippen molar-refractivity contribution in [3.05, 3.63) is 93.8 Å². The molecule has 1 fully saturated rings. The van der Waals surface area contributed by atoms with Crippen LogP contribution in [0.25, 0.3) is 6.08 Å². The van der Waals surface area contributed by atoms with Crippen LogP contribution in [0.1, 0.15) is 18.1 Å². The summed E-state index contributed by atoms with van der Waals surface area (Å²) in [6.45, 7) is 1.54. The third kappa shape index (κ3) is 5.53. The molecule has 1 saturated heterocycles. The molecule has 0 aliphatic carbocycles. The number of nitrogens with one attached hydrogen (secondary N) is 2. The zero-order chi connectivity index (χ0) is 25.7. The van der Waals surface area contributed by atoms with Gasteiger partial charge in [0.25, 0.3) is 11.6 Å². The number of rotatable bonds is 8. The quantitative estimate of drug-likeness (QED) is 0.212. The van der Waals surface area contributed by atoms with Crippen LogP contribution in [0.4, 0.5) is 16.2 Å². The van der Waals surface area contributed by atoms with Crippen LogP contribution in [0, 0.1) is 10.1 Å². The van der Waals surface area contributed by atoms with Gasteiger partial charge in [-0.2, -0.15) is 0 Å². The Morgan fingerprint density at radius 3 is 2.56 bits per heavy atom. The van der Waals surface area contributed by atoms with Crippen LogP contribution >= 0.6 is 0 Å². The van der Waals surface area contributed by atoms with E-state index in [2.05, 4.69) is 15.6 Å². The number of urea groups is 1. The van der Waals surface area contributed by atoms with Crippen LogP contribution in [-0.2, 0) is 16.0 Å².